The summed E-state index contributed by atoms with van der Waals surface area (Å²) in [4.78, 5) is 37.1. The number of hydrogen-bond donors (Lipinski definition) is 1. The van der Waals surface area contributed by atoms with Gasteiger partial charge in [-0.1, -0.05) is 5.92 Å². The molecule has 0 aliphatic carbocycles. The number of hydrogen-bond acceptors (Lipinski definition) is 11. The Balaban J connectivity index is 1.21. The van der Waals surface area contributed by atoms with Gasteiger partial charge >= 0.3 is 5.97 Å². The Morgan fingerprint density at radius 2 is 1.89 bits per heavy atom. The van der Waals surface area contributed by atoms with Crippen LogP contribution in [-0.2, 0) is 16.6 Å². The van der Waals surface area contributed by atoms with Gasteiger partial charge in [0.1, 0.15) is 28.7 Å². The Morgan fingerprint density at radius 3 is 2.63 bits per heavy atom. The molecule has 5 aromatic rings. The molecule has 1 N–H and O–H groups in total. The van der Waals surface area contributed by atoms with Gasteiger partial charge in [0.25, 0.3) is 0 Å². The maximum absolute atomic E-state index is 12.3. The van der Waals surface area contributed by atoms with E-state index in [4.69, 9.17) is 25.6 Å². The summed E-state index contributed by atoms with van der Waals surface area (Å²) in [5.41, 5.74) is 3.60. The number of aryl methyl sites for hydroxylation is 1. The Labute approximate surface area is 267 Å². The fourth-order valence-corrected chi connectivity index (χ4v) is 5.52. The number of anilines is 3. The van der Waals surface area contributed by atoms with Crippen molar-refractivity contribution in [3.63, 3.8) is 0 Å². The van der Waals surface area contributed by atoms with E-state index in [1.54, 1.807) is 31.8 Å². The molecule has 3 aromatic heterocycles. The fraction of sp³-hybridized carbons (Fsp3) is 0.353. The number of aromatic nitrogens is 6. The van der Waals surface area contributed by atoms with Gasteiger partial charge < -0.3 is 29.0 Å². The van der Waals surface area contributed by atoms with E-state index in [-0.39, 0.29) is 11.9 Å². The maximum atomic E-state index is 12.3. The van der Waals surface area contributed by atoms with Crippen molar-refractivity contribution in [3.05, 3.63) is 54.7 Å². The molecule has 0 bridgehead atoms. The minimum absolute atomic E-state index is 0.157. The molecular weight excluding hydrogens is 584 g/mol. The molecule has 0 amide bonds. The summed E-state index contributed by atoms with van der Waals surface area (Å²) in [7, 11) is 3.50. The molecular formula is C34H36N8O4. The summed E-state index contributed by atoms with van der Waals surface area (Å²) < 4.78 is 19.4. The number of imidazole rings is 1. The second kappa shape index (κ2) is 12.5. The number of nitrogens with one attached hydrogen (secondary N) is 1. The number of benzene rings is 2. The molecule has 46 heavy (non-hydrogen) atoms. The lowest BCUT2D eigenvalue weighted by atomic mass is 9.93. The molecule has 1 saturated heterocycles. The Morgan fingerprint density at radius 1 is 1.09 bits per heavy atom. The van der Waals surface area contributed by atoms with Gasteiger partial charge in [0, 0.05) is 44.4 Å². The molecule has 0 radical (unpaired) electrons. The molecule has 0 unspecified atom stereocenters. The minimum Gasteiger partial charge on any atom is -0.493 e. The quantitative estimate of drug-likeness (QED) is 0.167. The van der Waals surface area contributed by atoms with E-state index in [1.807, 2.05) is 50.6 Å². The van der Waals surface area contributed by atoms with Crippen molar-refractivity contribution in [3.8, 4) is 29.6 Å². The van der Waals surface area contributed by atoms with Crippen LogP contribution in [0.4, 0.5) is 17.5 Å². The van der Waals surface area contributed by atoms with Crippen LogP contribution in [-0.4, -0.2) is 61.3 Å². The number of fused-ring (bicyclic) bond motifs is 2. The van der Waals surface area contributed by atoms with Gasteiger partial charge in [-0.15, -0.1) is 6.42 Å². The van der Waals surface area contributed by atoms with E-state index in [1.165, 1.54) is 6.33 Å². The molecule has 1 fully saturated rings. The molecule has 6 rings (SSSR count). The van der Waals surface area contributed by atoms with Crippen molar-refractivity contribution in [2.75, 3.05) is 30.4 Å². The SMILES string of the molecule is C#Cc1cc(Nc2ncnc3cnc(N4CCC(CC(=O)OC(C)(C)C)CC4)nc23)cc(OC)c1Oc1ccc2c(c1)ncn2C. The minimum atomic E-state index is -0.482. The molecule has 0 spiro atoms. The average Bonchev–Trinajstić information content (AvgIpc) is 3.40. The normalized spacial score (nSPS) is 13.9. The summed E-state index contributed by atoms with van der Waals surface area (Å²) in [6.45, 7) is 7.12. The number of ether oxygens (including phenoxy) is 3. The summed E-state index contributed by atoms with van der Waals surface area (Å²) in [6, 6.07) is 9.25. The van der Waals surface area contributed by atoms with Crippen molar-refractivity contribution < 1.29 is 19.0 Å². The molecule has 12 nitrogen and oxygen atoms in total. The lowest BCUT2D eigenvalue weighted by Crippen LogP contribution is -2.36. The van der Waals surface area contributed by atoms with Gasteiger partial charge in [0.15, 0.2) is 17.3 Å². The van der Waals surface area contributed by atoms with Crippen molar-refractivity contribution in [1.29, 1.82) is 0 Å². The van der Waals surface area contributed by atoms with Crippen LogP contribution >= 0.6 is 0 Å². The Hall–Kier alpha value is -5.44. The van der Waals surface area contributed by atoms with Gasteiger partial charge in [0.2, 0.25) is 5.95 Å². The number of carbonyl (C=O) groups excluding carboxylic acids is 1. The van der Waals surface area contributed by atoms with Gasteiger partial charge in [-0.25, -0.2) is 24.9 Å². The van der Waals surface area contributed by atoms with Gasteiger partial charge in [-0.3, -0.25) is 4.79 Å². The first-order chi connectivity index (χ1) is 22.1. The van der Waals surface area contributed by atoms with E-state index in [0.29, 0.717) is 57.7 Å². The van der Waals surface area contributed by atoms with Crippen LogP contribution in [0.2, 0.25) is 0 Å². The number of methoxy groups -OCH3 is 1. The second-order valence-corrected chi connectivity index (χ2v) is 12.3. The zero-order valence-electron chi connectivity index (χ0n) is 26.6. The highest BCUT2D eigenvalue weighted by Crippen LogP contribution is 2.39. The zero-order chi connectivity index (χ0) is 32.4. The first-order valence-corrected chi connectivity index (χ1v) is 15.1. The van der Waals surface area contributed by atoms with Crippen molar-refractivity contribution >= 4 is 45.5 Å². The number of piperidine rings is 1. The summed E-state index contributed by atoms with van der Waals surface area (Å²) in [5, 5.41) is 3.34. The highest BCUT2D eigenvalue weighted by Gasteiger charge is 2.26. The Bertz CT molecular complexity index is 1950. The van der Waals surface area contributed by atoms with Crippen LogP contribution in [0, 0.1) is 18.3 Å². The van der Waals surface area contributed by atoms with E-state index in [2.05, 4.69) is 36.1 Å². The van der Waals surface area contributed by atoms with Crippen LogP contribution in [0.5, 0.6) is 17.2 Å². The second-order valence-electron chi connectivity index (χ2n) is 12.3. The third-order valence-corrected chi connectivity index (χ3v) is 7.75. The van der Waals surface area contributed by atoms with E-state index >= 15 is 0 Å². The van der Waals surface area contributed by atoms with Gasteiger partial charge in [-0.2, -0.15) is 0 Å². The lowest BCUT2D eigenvalue weighted by molar-refractivity contribution is -0.156. The first kappa shape index (κ1) is 30.6. The number of nitrogens with zero attached hydrogens (tertiary/aromatic N) is 7. The van der Waals surface area contributed by atoms with E-state index < -0.39 is 5.60 Å². The third kappa shape index (κ3) is 6.63. The topological polar surface area (TPSA) is 129 Å². The average molecular weight is 621 g/mol. The van der Waals surface area contributed by atoms with Crippen molar-refractivity contribution in [2.24, 2.45) is 13.0 Å². The predicted octanol–water partition coefficient (Wildman–Crippen LogP) is 5.78. The predicted molar refractivity (Wildman–Crippen MR) is 176 cm³/mol. The van der Waals surface area contributed by atoms with Crippen molar-refractivity contribution in [2.45, 2.75) is 45.6 Å². The van der Waals surface area contributed by atoms with Crippen LogP contribution in [0.1, 0.15) is 45.6 Å². The number of carbonyl (C=O) groups is 1. The highest BCUT2D eigenvalue weighted by atomic mass is 16.6. The molecule has 2 aromatic carbocycles. The fourth-order valence-electron chi connectivity index (χ4n) is 5.52. The summed E-state index contributed by atoms with van der Waals surface area (Å²) in [6.07, 6.45) is 12.9. The molecule has 0 atom stereocenters. The van der Waals surface area contributed by atoms with Crippen molar-refractivity contribution in [1.82, 2.24) is 29.5 Å². The summed E-state index contributed by atoms with van der Waals surface area (Å²) in [5.74, 6) is 5.34. The lowest BCUT2D eigenvalue weighted by Gasteiger charge is -2.32. The Kier molecular flexibility index (Phi) is 8.32. The van der Waals surface area contributed by atoms with Crippen LogP contribution in [0.15, 0.2) is 49.2 Å². The monoisotopic (exact) mass is 620 g/mol. The molecule has 4 heterocycles. The van der Waals surface area contributed by atoms with Crippen LogP contribution < -0.4 is 19.7 Å². The smallest absolute Gasteiger partial charge is 0.306 e. The first-order valence-electron chi connectivity index (χ1n) is 15.1. The highest BCUT2D eigenvalue weighted by molar-refractivity contribution is 5.87. The van der Waals surface area contributed by atoms with Gasteiger partial charge in [0.05, 0.1) is 36.2 Å². The largest absolute Gasteiger partial charge is 0.493 e. The third-order valence-electron chi connectivity index (χ3n) is 7.75. The number of rotatable bonds is 8. The number of terminal acetylenes is 1. The standard InChI is InChI=1S/C34H36N8O4/c1-7-22-15-23(16-28(44-6)31(22)45-24-8-9-27-25(17-24)38-20-41(27)5)39-32-30-26(36-19-37-32)18-35-33(40-30)42-12-10-21(11-13-42)14-29(43)46-34(2,3)4/h1,8-9,15-21H,10-14H2,2-6H3,(H,36,37,39). The molecule has 12 heteroatoms. The summed E-state index contributed by atoms with van der Waals surface area (Å²) >= 11 is 0. The molecule has 0 saturated carbocycles. The molecule has 1 aliphatic rings. The number of esters is 1. The zero-order valence-corrected chi connectivity index (χ0v) is 26.6. The van der Waals surface area contributed by atoms with E-state index in [9.17, 15) is 4.79 Å². The maximum Gasteiger partial charge on any atom is 0.306 e. The van der Waals surface area contributed by atoms with E-state index in [0.717, 1.165) is 37.0 Å². The molecule has 236 valence electrons. The van der Waals surface area contributed by atoms with Crippen LogP contribution in [0.3, 0.4) is 0 Å². The van der Waals surface area contributed by atoms with Crippen LogP contribution in [0.25, 0.3) is 22.1 Å². The van der Waals surface area contributed by atoms with Gasteiger partial charge in [-0.05, 0) is 57.7 Å². The molecule has 1 aliphatic heterocycles.